The Hall–Kier alpha value is -1.71. The first-order valence-corrected chi connectivity index (χ1v) is 9.55. The molecule has 1 aliphatic carbocycles. The average Bonchev–Trinajstić information content (AvgIpc) is 3.05. The summed E-state index contributed by atoms with van der Waals surface area (Å²) in [7, 11) is 1.66. The highest BCUT2D eigenvalue weighted by molar-refractivity contribution is 6.35. The number of anilines is 1. The minimum atomic E-state index is -0.608. The summed E-state index contributed by atoms with van der Waals surface area (Å²) in [5, 5.41) is 4.24. The normalized spacial score (nSPS) is 15.7. The molecule has 1 aliphatic rings. The molecular formula is C21H23Cl2NO2. The lowest BCUT2D eigenvalue weighted by Crippen LogP contribution is -2.38. The van der Waals surface area contributed by atoms with E-state index in [2.05, 4.69) is 5.32 Å². The fourth-order valence-electron chi connectivity index (χ4n) is 4.07. The van der Waals surface area contributed by atoms with Gasteiger partial charge in [0, 0.05) is 15.7 Å². The van der Waals surface area contributed by atoms with E-state index in [0.29, 0.717) is 10.0 Å². The van der Waals surface area contributed by atoms with Crippen LogP contribution in [0.15, 0.2) is 30.3 Å². The molecule has 0 aromatic heterocycles. The van der Waals surface area contributed by atoms with E-state index < -0.39 is 5.41 Å². The summed E-state index contributed by atoms with van der Waals surface area (Å²) in [5.74, 6) is 0.836. The molecule has 0 heterocycles. The van der Waals surface area contributed by atoms with Crippen LogP contribution in [0.5, 0.6) is 5.75 Å². The SMILES string of the molecule is COc1c(C)cc(NC(=O)C2(c3ccc(Cl)cc3Cl)CCCC2)cc1C. The summed E-state index contributed by atoms with van der Waals surface area (Å²) in [6, 6.07) is 9.29. The maximum absolute atomic E-state index is 13.3. The van der Waals surface area contributed by atoms with Crippen molar-refractivity contribution in [2.45, 2.75) is 44.9 Å². The molecule has 0 atom stereocenters. The molecule has 2 aromatic rings. The largest absolute Gasteiger partial charge is 0.496 e. The Morgan fingerprint density at radius 3 is 2.23 bits per heavy atom. The number of methoxy groups -OCH3 is 1. The fourth-order valence-corrected chi connectivity index (χ4v) is 4.66. The van der Waals surface area contributed by atoms with Gasteiger partial charge in [0.05, 0.1) is 12.5 Å². The fraction of sp³-hybridized carbons (Fsp3) is 0.381. The van der Waals surface area contributed by atoms with Crippen molar-refractivity contribution in [1.29, 1.82) is 0 Å². The number of amides is 1. The van der Waals surface area contributed by atoms with Crippen LogP contribution in [0.2, 0.25) is 10.0 Å². The van der Waals surface area contributed by atoms with Crippen molar-refractivity contribution < 1.29 is 9.53 Å². The van der Waals surface area contributed by atoms with Crippen LogP contribution in [0, 0.1) is 13.8 Å². The third kappa shape index (κ3) is 3.43. The topological polar surface area (TPSA) is 38.3 Å². The minimum absolute atomic E-state index is 0.0109. The Morgan fingerprint density at radius 1 is 1.08 bits per heavy atom. The maximum atomic E-state index is 13.3. The van der Waals surface area contributed by atoms with Crippen LogP contribution >= 0.6 is 23.2 Å². The van der Waals surface area contributed by atoms with Crippen molar-refractivity contribution in [2.75, 3.05) is 12.4 Å². The predicted molar refractivity (Wildman–Crippen MR) is 108 cm³/mol. The van der Waals surface area contributed by atoms with Gasteiger partial charge in [-0.15, -0.1) is 0 Å². The Kier molecular flexibility index (Phi) is 5.50. The summed E-state index contributed by atoms with van der Waals surface area (Å²) in [6.07, 6.45) is 3.59. The van der Waals surface area contributed by atoms with E-state index in [9.17, 15) is 4.79 Å². The van der Waals surface area contributed by atoms with Crippen LogP contribution in [0.25, 0.3) is 0 Å². The lowest BCUT2D eigenvalue weighted by Gasteiger charge is -2.29. The predicted octanol–water partition coefficient (Wildman–Crippen LogP) is 6.07. The third-order valence-corrected chi connectivity index (χ3v) is 5.81. The zero-order chi connectivity index (χ0) is 18.9. The second kappa shape index (κ2) is 7.50. The highest BCUT2D eigenvalue weighted by Crippen LogP contribution is 2.45. The van der Waals surface area contributed by atoms with Crippen LogP contribution in [0.4, 0.5) is 5.69 Å². The molecule has 3 nitrogen and oxygen atoms in total. The van der Waals surface area contributed by atoms with E-state index in [-0.39, 0.29) is 5.91 Å². The Labute approximate surface area is 164 Å². The molecule has 3 rings (SSSR count). The monoisotopic (exact) mass is 391 g/mol. The van der Waals surface area contributed by atoms with Crippen LogP contribution in [0.3, 0.4) is 0 Å². The Balaban J connectivity index is 1.96. The van der Waals surface area contributed by atoms with Crippen LogP contribution in [0.1, 0.15) is 42.4 Å². The van der Waals surface area contributed by atoms with Gasteiger partial charge in [0.1, 0.15) is 5.75 Å². The quantitative estimate of drug-likeness (QED) is 0.686. The zero-order valence-corrected chi connectivity index (χ0v) is 16.8. The van der Waals surface area contributed by atoms with E-state index in [0.717, 1.165) is 53.8 Å². The van der Waals surface area contributed by atoms with Crippen molar-refractivity contribution >= 4 is 34.8 Å². The van der Waals surface area contributed by atoms with Crippen molar-refractivity contribution in [2.24, 2.45) is 0 Å². The van der Waals surface area contributed by atoms with Crippen LogP contribution < -0.4 is 10.1 Å². The van der Waals surface area contributed by atoms with Gasteiger partial charge in [0.25, 0.3) is 0 Å². The van der Waals surface area contributed by atoms with Gasteiger partial charge in [-0.3, -0.25) is 4.79 Å². The van der Waals surface area contributed by atoms with Gasteiger partial charge in [-0.2, -0.15) is 0 Å². The number of carbonyl (C=O) groups excluding carboxylic acids is 1. The molecule has 2 aromatic carbocycles. The summed E-state index contributed by atoms with van der Waals surface area (Å²) in [4.78, 5) is 13.3. The molecule has 138 valence electrons. The van der Waals surface area contributed by atoms with Gasteiger partial charge in [-0.25, -0.2) is 0 Å². The Morgan fingerprint density at radius 2 is 1.69 bits per heavy atom. The van der Waals surface area contributed by atoms with Crippen molar-refractivity contribution in [3.63, 3.8) is 0 Å². The van der Waals surface area contributed by atoms with E-state index in [1.54, 1.807) is 19.2 Å². The highest BCUT2D eigenvalue weighted by atomic mass is 35.5. The summed E-state index contributed by atoms with van der Waals surface area (Å²) < 4.78 is 5.41. The zero-order valence-electron chi connectivity index (χ0n) is 15.3. The van der Waals surface area contributed by atoms with Crippen molar-refractivity contribution in [1.82, 2.24) is 0 Å². The lowest BCUT2D eigenvalue weighted by atomic mass is 9.78. The molecule has 26 heavy (non-hydrogen) atoms. The van der Waals surface area contributed by atoms with Gasteiger partial charge in [0.15, 0.2) is 0 Å². The van der Waals surface area contributed by atoms with E-state index in [1.807, 2.05) is 32.0 Å². The smallest absolute Gasteiger partial charge is 0.235 e. The first-order chi connectivity index (χ1) is 12.4. The van der Waals surface area contributed by atoms with Gasteiger partial charge < -0.3 is 10.1 Å². The molecule has 0 radical (unpaired) electrons. The van der Waals surface area contributed by atoms with Crippen molar-refractivity contribution in [3.05, 3.63) is 57.1 Å². The molecule has 1 fully saturated rings. The first-order valence-electron chi connectivity index (χ1n) is 8.79. The average molecular weight is 392 g/mol. The number of rotatable bonds is 4. The number of hydrogen-bond donors (Lipinski definition) is 1. The minimum Gasteiger partial charge on any atom is -0.496 e. The molecule has 0 bridgehead atoms. The lowest BCUT2D eigenvalue weighted by molar-refractivity contribution is -0.121. The highest BCUT2D eigenvalue weighted by Gasteiger charge is 2.44. The molecule has 5 heteroatoms. The van der Waals surface area contributed by atoms with Crippen molar-refractivity contribution in [3.8, 4) is 5.75 Å². The number of benzene rings is 2. The number of ether oxygens (including phenoxy) is 1. The Bertz CT molecular complexity index is 819. The summed E-state index contributed by atoms with van der Waals surface area (Å²) >= 11 is 12.5. The van der Waals surface area contributed by atoms with E-state index in [4.69, 9.17) is 27.9 Å². The van der Waals surface area contributed by atoms with Gasteiger partial charge in [-0.1, -0.05) is 42.1 Å². The van der Waals surface area contributed by atoms with Gasteiger partial charge in [-0.05, 0) is 67.6 Å². The van der Waals surface area contributed by atoms with E-state index in [1.165, 1.54) is 0 Å². The second-order valence-electron chi connectivity index (χ2n) is 7.01. The standard InChI is InChI=1S/C21H23Cl2NO2/c1-13-10-16(11-14(2)19(13)26-3)24-20(25)21(8-4-5-9-21)17-7-6-15(22)12-18(17)23/h6-7,10-12H,4-5,8-9H2,1-3H3,(H,24,25). The number of carbonyl (C=O) groups is 1. The molecule has 0 saturated heterocycles. The number of nitrogens with one attached hydrogen (secondary N) is 1. The molecule has 0 unspecified atom stereocenters. The van der Waals surface area contributed by atoms with Gasteiger partial charge in [0.2, 0.25) is 5.91 Å². The third-order valence-electron chi connectivity index (χ3n) is 5.26. The van der Waals surface area contributed by atoms with Gasteiger partial charge >= 0.3 is 0 Å². The first kappa shape index (κ1) is 19.1. The summed E-state index contributed by atoms with van der Waals surface area (Å²) in [6.45, 7) is 3.95. The molecule has 1 amide bonds. The number of aryl methyl sites for hydroxylation is 2. The number of hydrogen-bond acceptors (Lipinski definition) is 2. The molecule has 0 aliphatic heterocycles. The number of halogens is 2. The molecule has 1 N–H and O–H groups in total. The molecule has 1 saturated carbocycles. The maximum Gasteiger partial charge on any atom is 0.235 e. The van der Waals surface area contributed by atoms with Crippen LogP contribution in [-0.2, 0) is 10.2 Å². The summed E-state index contributed by atoms with van der Waals surface area (Å²) in [5.41, 5.74) is 3.02. The molecular weight excluding hydrogens is 369 g/mol. The van der Waals surface area contributed by atoms with E-state index >= 15 is 0 Å². The second-order valence-corrected chi connectivity index (χ2v) is 7.85. The molecule has 0 spiro atoms. The van der Waals surface area contributed by atoms with Crippen LogP contribution in [-0.4, -0.2) is 13.0 Å².